The summed E-state index contributed by atoms with van der Waals surface area (Å²) in [6.07, 6.45) is 0. The van der Waals surface area contributed by atoms with Gasteiger partial charge in [0.25, 0.3) is 0 Å². The van der Waals surface area contributed by atoms with Crippen molar-refractivity contribution in [2.45, 2.75) is 12.9 Å². The minimum Gasteiger partial charge on any atom is -0.366 e. The summed E-state index contributed by atoms with van der Waals surface area (Å²) in [6, 6.07) is 9.28. The molecule has 13 heavy (non-hydrogen) atoms. The van der Waals surface area contributed by atoms with Gasteiger partial charge in [-0.15, -0.1) is 0 Å². The zero-order chi connectivity index (χ0) is 10.9. The van der Waals surface area contributed by atoms with Crippen LogP contribution in [0.1, 0.15) is 8.29 Å². The molecule has 1 aromatic rings. The third kappa shape index (κ3) is 1.83. The first-order valence-corrected chi connectivity index (χ1v) is 4.66. The second kappa shape index (κ2) is 3.79. The van der Waals surface area contributed by atoms with Gasteiger partial charge in [0, 0.05) is 31.3 Å². The molecule has 0 amide bonds. The highest BCUT2D eigenvalue weighted by Gasteiger charge is 2.17. The number of hydrogen-bond donors (Lipinski definition) is 1. The standard InChI is InChI=1S/C11H16N2/c1-10-9-12-7-8-13(10)11-5-3-2-4-6-11/h2-6,10,12H,7-9H2,1H3/i10D/hD. The molecule has 1 heterocycles. The third-order valence-corrected chi connectivity index (χ3v) is 2.35. The number of nitrogens with one attached hydrogen (secondary N) is 1. The predicted octanol–water partition coefficient (Wildman–Crippen LogP) is 1.48. The molecular weight excluding hydrogens is 160 g/mol. The molecule has 0 spiro atoms. The molecule has 0 aliphatic carbocycles. The summed E-state index contributed by atoms with van der Waals surface area (Å²) in [6.45, 7) is 3.76. The zero-order valence-corrected chi connectivity index (χ0v) is 7.90. The van der Waals surface area contributed by atoms with Crippen LogP contribution in [0, 0.1) is 0 Å². The van der Waals surface area contributed by atoms with E-state index < -0.39 is 6.02 Å². The first-order chi connectivity index (χ1) is 7.09. The molecule has 0 bridgehead atoms. The predicted molar refractivity (Wildman–Crippen MR) is 56.1 cm³/mol. The maximum atomic E-state index is 8.22. The van der Waals surface area contributed by atoms with Crippen molar-refractivity contribution in [3.63, 3.8) is 0 Å². The Kier molecular flexibility index (Phi) is 1.88. The van der Waals surface area contributed by atoms with Crippen LogP contribution in [0.5, 0.6) is 0 Å². The van der Waals surface area contributed by atoms with Crippen LogP contribution >= 0.6 is 0 Å². The van der Waals surface area contributed by atoms with Gasteiger partial charge >= 0.3 is 0 Å². The summed E-state index contributed by atoms with van der Waals surface area (Å²) >= 11 is 0. The minimum atomic E-state index is -0.707. The van der Waals surface area contributed by atoms with Gasteiger partial charge in [0.15, 0.2) is 0 Å². The van der Waals surface area contributed by atoms with E-state index in [9.17, 15) is 0 Å². The molecule has 0 radical (unpaired) electrons. The van der Waals surface area contributed by atoms with Crippen molar-refractivity contribution in [3.8, 4) is 0 Å². The monoisotopic (exact) mass is 178 g/mol. The Morgan fingerprint density at radius 3 is 3.00 bits per heavy atom. The summed E-state index contributed by atoms with van der Waals surface area (Å²) in [7, 11) is 0. The molecule has 1 atom stereocenters. The van der Waals surface area contributed by atoms with Crippen molar-refractivity contribution in [2.24, 2.45) is 0 Å². The Hall–Kier alpha value is -1.02. The van der Waals surface area contributed by atoms with E-state index in [-0.39, 0.29) is 0 Å². The van der Waals surface area contributed by atoms with E-state index in [1.54, 1.807) is 0 Å². The maximum Gasteiger partial charge on any atom is 0.122 e. The summed E-state index contributed by atoms with van der Waals surface area (Å²) in [4.78, 5) is 2.05. The number of nitrogens with zero attached hydrogens (tertiary/aromatic N) is 1. The number of hydrogen-bond acceptors (Lipinski definition) is 2. The summed E-state index contributed by atoms with van der Waals surface area (Å²) in [5.41, 5.74) is 1.07. The lowest BCUT2D eigenvalue weighted by Crippen LogP contribution is -2.49. The number of rotatable bonds is 1. The fourth-order valence-electron chi connectivity index (χ4n) is 1.65. The Bertz CT molecular complexity index is 327. The Morgan fingerprint density at radius 2 is 2.31 bits per heavy atom. The van der Waals surface area contributed by atoms with Crippen molar-refractivity contribution in [1.29, 1.82) is 0 Å². The fourth-order valence-corrected chi connectivity index (χ4v) is 1.65. The lowest BCUT2D eigenvalue weighted by Gasteiger charge is -2.35. The van der Waals surface area contributed by atoms with Gasteiger partial charge in [-0.2, -0.15) is 0 Å². The van der Waals surface area contributed by atoms with Gasteiger partial charge in [-0.1, -0.05) is 18.2 Å². The molecule has 2 rings (SSSR count). The third-order valence-electron chi connectivity index (χ3n) is 2.35. The molecule has 2 heteroatoms. The van der Waals surface area contributed by atoms with Gasteiger partial charge in [-0.25, -0.2) is 0 Å². The van der Waals surface area contributed by atoms with Crippen LogP contribution in [0.2, 0.25) is 1.41 Å². The van der Waals surface area contributed by atoms with Crippen molar-refractivity contribution in [2.75, 3.05) is 24.5 Å². The Morgan fingerprint density at radius 1 is 1.54 bits per heavy atom. The molecule has 1 aliphatic rings. The number of anilines is 1. The molecule has 1 N–H and O–H groups in total. The minimum absolute atomic E-state index is 0.460. The van der Waals surface area contributed by atoms with E-state index in [1.165, 1.54) is 5.31 Å². The van der Waals surface area contributed by atoms with Gasteiger partial charge in [-0.3, -0.25) is 0 Å². The van der Waals surface area contributed by atoms with Crippen LogP contribution in [0.4, 0.5) is 5.69 Å². The van der Waals surface area contributed by atoms with Crippen molar-refractivity contribution in [1.82, 2.24) is 5.31 Å². The number of piperazine rings is 1. The molecule has 0 saturated carbocycles. The van der Waals surface area contributed by atoms with Crippen LogP contribution in [0.25, 0.3) is 0 Å². The molecule has 0 aromatic heterocycles. The van der Waals surface area contributed by atoms with Gasteiger partial charge in [0.1, 0.15) is 1.41 Å². The molecule has 1 unspecified atom stereocenters. The summed E-state index contributed by atoms with van der Waals surface area (Å²) < 4.78 is 15.8. The van der Waals surface area contributed by atoms with Crippen LogP contribution < -0.4 is 10.2 Å². The van der Waals surface area contributed by atoms with Crippen LogP contribution in [0.3, 0.4) is 0 Å². The normalized spacial score (nSPS) is 32.5. The number of benzene rings is 1. The second-order valence-electron chi connectivity index (χ2n) is 3.33. The second-order valence-corrected chi connectivity index (χ2v) is 3.33. The Balaban J connectivity index is 2.23. The van der Waals surface area contributed by atoms with Crippen molar-refractivity contribution in [3.05, 3.63) is 30.3 Å². The zero-order valence-electron chi connectivity index (χ0n) is 9.90. The van der Waals surface area contributed by atoms with Crippen LogP contribution in [-0.2, 0) is 0 Å². The first-order valence-electron chi connectivity index (χ1n) is 5.61. The average Bonchev–Trinajstić information content (AvgIpc) is 2.17. The smallest absolute Gasteiger partial charge is 0.122 e. The lowest BCUT2D eigenvalue weighted by molar-refractivity contribution is 0.501. The van der Waals surface area contributed by atoms with Crippen LogP contribution in [-0.4, -0.2) is 25.7 Å². The van der Waals surface area contributed by atoms with E-state index in [0.29, 0.717) is 13.1 Å². The molecule has 2 nitrogen and oxygen atoms in total. The molecule has 1 aliphatic heterocycles. The molecule has 70 valence electrons. The topological polar surface area (TPSA) is 15.3 Å². The van der Waals surface area contributed by atoms with Gasteiger partial charge in [0.05, 0.1) is 1.37 Å². The van der Waals surface area contributed by atoms with Gasteiger partial charge in [0.2, 0.25) is 0 Å². The SMILES string of the molecule is [2H]N1CCN(c2ccccc2)C([2H])(C)C1. The fraction of sp³-hybridized carbons (Fsp3) is 0.455. The van der Waals surface area contributed by atoms with Gasteiger partial charge in [-0.05, 0) is 19.1 Å². The highest BCUT2D eigenvalue weighted by Crippen LogP contribution is 2.16. The molecular formula is C11H16N2. The number of para-hydroxylation sites is 1. The van der Waals surface area contributed by atoms with Gasteiger partial charge < -0.3 is 10.2 Å². The quantitative estimate of drug-likeness (QED) is 0.701. The van der Waals surface area contributed by atoms with Crippen LogP contribution in [0.15, 0.2) is 30.3 Å². The van der Waals surface area contributed by atoms with Crippen molar-refractivity contribution < 1.29 is 2.78 Å². The molecule has 1 aromatic carbocycles. The molecule has 1 saturated heterocycles. The summed E-state index contributed by atoms with van der Waals surface area (Å²) in [5, 5.41) is 1.46. The summed E-state index contributed by atoms with van der Waals surface area (Å²) in [5.74, 6) is 0. The maximum absolute atomic E-state index is 8.22. The largest absolute Gasteiger partial charge is 0.366 e. The highest BCUT2D eigenvalue weighted by atomic mass is 15.2. The van der Waals surface area contributed by atoms with E-state index in [4.69, 9.17) is 2.78 Å². The van der Waals surface area contributed by atoms with E-state index >= 15 is 0 Å². The Labute approximate surface area is 82.4 Å². The lowest BCUT2D eigenvalue weighted by atomic mass is 10.2. The van der Waals surface area contributed by atoms with E-state index in [0.717, 1.165) is 12.2 Å². The molecule has 1 fully saturated rings. The highest BCUT2D eigenvalue weighted by molar-refractivity contribution is 5.47. The van der Waals surface area contributed by atoms with Crippen molar-refractivity contribution >= 4 is 5.69 Å². The first kappa shape index (κ1) is 6.44. The average molecular weight is 178 g/mol. The van der Waals surface area contributed by atoms with E-state index in [2.05, 4.69) is 4.90 Å². The van der Waals surface area contributed by atoms with E-state index in [1.807, 2.05) is 37.3 Å².